The van der Waals surface area contributed by atoms with E-state index in [0.717, 1.165) is 10.0 Å². The monoisotopic (exact) mass is 329 g/mol. The maximum absolute atomic E-state index is 12.2. The number of hydrogen-bond acceptors (Lipinski definition) is 3. The molecule has 0 bridgehead atoms. The topological polar surface area (TPSA) is 57.0 Å². The van der Waals surface area contributed by atoms with Crippen LogP contribution in [-0.4, -0.2) is 22.8 Å². The van der Waals surface area contributed by atoms with Gasteiger partial charge in [0.1, 0.15) is 11.8 Å². The number of nitriles is 1. The molecule has 0 atom stereocenters. The van der Waals surface area contributed by atoms with Gasteiger partial charge in [-0.05, 0) is 29.8 Å². The zero-order valence-corrected chi connectivity index (χ0v) is 12.5. The molecule has 0 aliphatic rings. The first-order chi connectivity index (χ1) is 9.60. The van der Waals surface area contributed by atoms with Crippen molar-refractivity contribution in [3.05, 3.63) is 63.9 Å². The van der Waals surface area contributed by atoms with Gasteiger partial charge in [0, 0.05) is 24.3 Å². The second kappa shape index (κ2) is 6.31. The van der Waals surface area contributed by atoms with Crippen LogP contribution >= 0.6 is 15.9 Å². The molecule has 5 heteroatoms. The van der Waals surface area contributed by atoms with Gasteiger partial charge in [0.15, 0.2) is 0 Å². The lowest BCUT2D eigenvalue weighted by Gasteiger charge is -2.17. The zero-order valence-electron chi connectivity index (χ0n) is 10.9. The minimum absolute atomic E-state index is 0.123. The van der Waals surface area contributed by atoms with E-state index in [1.165, 1.54) is 6.20 Å². The molecule has 0 N–H and O–H groups in total. The van der Waals surface area contributed by atoms with E-state index in [9.17, 15) is 4.79 Å². The van der Waals surface area contributed by atoms with Crippen molar-refractivity contribution in [2.24, 2.45) is 0 Å². The summed E-state index contributed by atoms with van der Waals surface area (Å²) < 4.78 is 0.982. The normalized spacial score (nSPS) is 9.85. The van der Waals surface area contributed by atoms with E-state index in [2.05, 4.69) is 20.9 Å². The number of halogens is 1. The first-order valence-corrected chi connectivity index (χ1v) is 6.75. The minimum atomic E-state index is -0.123. The van der Waals surface area contributed by atoms with Crippen LogP contribution in [0.5, 0.6) is 0 Å². The maximum Gasteiger partial charge on any atom is 0.255 e. The van der Waals surface area contributed by atoms with Crippen LogP contribution in [0.4, 0.5) is 0 Å². The van der Waals surface area contributed by atoms with Crippen LogP contribution in [0.3, 0.4) is 0 Å². The molecule has 0 saturated carbocycles. The molecule has 0 fully saturated rings. The van der Waals surface area contributed by atoms with Gasteiger partial charge in [-0.25, -0.2) is 4.98 Å². The smallest absolute Gasteiger partial charge is 0.255 e. The summed E-state index contributed by atoms with van der Waals surface area (Å²) in [6.45, 7) is 0.512. The molecular formula is C15H12BrN3O. The van der Waals surface area contributed by atoms with Crippen molar-refractivity contribution < 1.29 is 4.79 Å². The summed E-state index contributed by atoms with van der Waals surface area (Å²) in [5, 5.41) is 8.68. The Hall–Kier alpha value is -2.19. The van der Waals surface area contributed by atoms with Gasteiger partial charge < -0.3 is 4.90 Å². The molecule has 1 heterocycles. The van der Waals surface area contributed by atoms with Crippen molar-refractivity contribution >= 4 is 21.8 Å². The van der Waals surface area contributed by atoms with E-state index in [0.29, 0.717) is 17.8 Å². The Kier molecular flexibility index (Phi) is 4.49. The number of carbonyl (C=O) groups is 1. The van der Waals surface area contributed by atoms with Gasteiger partial charge in [-0.1, -0.05) is 28.1 Å². The highest BCUT2D eigenvalue weighted by molar-refractivity contribution is 9.10. The van der Waals surface area contributed by atoms with E-state index in [4.69, 9.17) is 5.26 Å². The van der Waals surface area contributed by atoms with Crippen LogP contribution in [0.1, 0.15) is 21.6 Å². The van der Waals surface area contributed by atoms with Gasteiger partial charge >= 0.3 is 0 Å². The Morgan fingerprint density at radius 2 is 2.20 bits per heavy atom. The average molecular weight is 330 g/mol. The quantitative estimate of drug-likeness (QED) is 0.869. The lowest BCUT2D eigenvalue weighted by Crippen LogP contribution is -2.26. The van der Waals surface area contributed by atoms with Crippen LogP contribution in [0.25, 0.3) is 0 Å². The molecule has 4 nitrogen and oxygen atoms in total. The van der Waals surface area contributed by atoms with Crippen molar-refractivity contribution in [3.63, 3.8) is 0 Å². The fraction of sp³-hybridized carbons (Fsp3) is 0.133. The van der Waals surface area contributed by atoms with Gasteiger partial charge in [-0.15, -0.1) is 0 Å². The second-order valence-electron chi connectivity index (χ2n) is 4.34. The fourth-order valence-corrected chi connectivity index (χ4v) is 2.23. The highest BCUT2D eigenvalue weighted by atomic mass is 79.9. The van der Waals surface area contributed by atoms with Crippen LogP contribution in [-0.2, 0) is 6.54 Å². The van der Waals surface area contributed by atoms with E-state index in [1.807, 2.05) is 30.3 Å². The van der Waals surface area contributed by atoms with Gasteiger partial charge in [-0.3, -0.25) is 4.79 Å². The van der Waals surface area contributed by atoms with Crippen molar-refractivity contribution in [1.82, 2.24) is 9.88 Å². The summed E-state index contributed by atoms with van der Waals surface area (Å²) in [4.78, 5) is 17.7. The number of benzene rings is 1. The summed E-state index contributed by atoms with van der Waals surface area (Å²) in [6, 6.07) is 12.9. The Labute approximate surface area is 125 Å². The maximum atomic E-state index is 12.2. The third-order valence-corrected chi connectivity index (χ3v) is 3.27. The van der Waals surface area contributed by atoms with Crippen molar-refractivity contribution in [3.8, 4) is 6.07 Å². The number of pyridine rings is 1. The predicted octanol–water partition coefficient (Wildman–Crippen LogP) is 2.99. The van der Waals surface area contributed by atoms with Crippen molar-refractivity contribution in [2.75, 3.05) is 7.05 Å². The van der Waals surface area contributed by atoms with E-state index in [-0.39, 0.29) is 5.91 Å². The molecule has 0 saturated heterocycles. The molecule has 0 unspecified atom stereocenters. The van der Waals surface area contributed by atoms with Crippen molar-refractivity contribution in [2.45, 2.75) is 6.54 Å². The number of amides is 1. The lowest BCUT2D eigenvalue weighted by molar-refractivity contribution is 0.0784. The summed E-state index contributed by atoms with van der Waals surface area (Å²) in [7, 11) is 1.74. The SMILES string of the molecule is CN(Cc1cccc(Br)c1)C(=O)c1ccc(C#N)nc1. The van der Waals surface area contributed by atoms with Crippen LogP contribution in [0.15, 0.2) is 47.1 Å². The molecule has 1 aromatic heterocycles. The molecule has 0 aliphatic carbocycles. The molecule has 0 radical (unpaired) electrons. The molecule has 100 valence electrons. The molecule has 0 spiro atoms. The molecule has 20 heavy (non-hydrogen) atoms. The number of hydrogen-bond donors (Lipinski definition) is 0. The molecule has 1 amide bonds. The lowest BCUT2D eigenvalue weighted by atomic mass is 10.2. The molecule has 0 aliphatic heterocycles. The summed E-state index contributed by atoms with van der Waals surface area (Å²) in [5.41, 5.74) is 1.81. The van der Waals surface area contributed by atoms with E-state index < -0.39 is 0 Å². The Balaban J connectivity index is 2.10. The molecule has 2 rings (SSSR count). The predicted molar refractivity (Wildman–Crippen MR) is 78.9 cm³/mol. The standard InChI is InChI=1S/C15H12BrN3O/c1-19(10-11-3-2-4-13(16)7-11)15(20)12-5-6-14(8-17)18-9-12/h2-7,9H,10H2,1H3. The zero-order chi connectivity index (χ0) is 14.5. The highest BCUT2D eigenvalue weighted by Gasteiger charge is 2.12. The number of nitrogens with zero attached hydrogens (tertiary/aromatic N) is 3. The highest BCUT2D eigenvalue weighted by Crippen LogP contribution is 2.14. The summed E-state index contributed by atoms with van der Waals surface area (Å²) in [5.74, 6) is -0.123. The third kappa shape index (κ3) is 3.43. The van der Waals surface area contributed by atoms with E-state index >= 15 is 0 Å². The first-order valence-electron chi connectivity index (χ1n) is 5.96. The fourth-order valence-electron chi connectivity index (χ4n) is 1.79. The minimum Gasteiger partial charge on any atom is -0.337 e. The number of aromatic nitrogens is 1. The van der Waals surface area contributed by atoms with Crippen LogP contribution in [0.2, 0.25) is 0 Å². The van der Waals surface area contributed by atoms with Gasteiger partial charge in [0.05, 0.1) is 5.56 Å². The number of rotatable bonds is 3. The molecule has 2 aromatic rings. The summed E-state index contributed by atoms with van der Waals surface area (Å²) >= 11 is 3.41. The average Bonchev–Trinajstić information content (AvgIpc) is 2.46. The van der Waals surface area contributed by atoms with Gasteiger partial charge in [-0.2, -0.15) is 5.26 Å². The Morgan fingerprint density at radius 3 is 2.80 bits per heavy atom. The Bertz CT molecular complexity index is 662. The number of carbonyl (C=O) groups excluding carboxylic acids is 1. The Morgan fingerprint density at radius 1 is 1.40 bits per heavy atom. The molecule has 1 aromatic carbocycles. The van der Waals surface area contributed by atoms with Gasteiger partial charge in [0.2, 0.25) is 0 Å². The second-order valence-corrected chi connectivity index (χ2v) is 5.25. The van der Waals surface area contributed by atoms with Crippen molar-refractivity contribution in [1.29, 1.82) is 5.26 Å². The third-order valence-electron chi connectivity index (χ3n) is 2.78. The summed E-state index contributed by atoms with van der Waals surface area (Å²) in [6.07, 6.45) is 1.43. The first kappa shape index (κ1) is 14.2. The largest absolute Gasteiger partial charge is 0.337 e. The van der Waals surface area contributed by atoms with Gasteiger partial charge in [0.25, 0.3) is 5.91 Å². The van der Waals surface area contributed by atoms with E-state index in [1.54, 1.807) is 24.1 Å². The van der Waals surface area contributed by atoms with Crippen LogP contribution < -0.4 is 0 Å². The van der Waals surface area contributed by atoms with Crippen LogP contribution in [0, 0.1) is 11.3 Å². The molecular weight excluding hydrogens is 318 g/mol.